The third kappa shape index (κ3) is 2.16. The second-order valence-electron chi connectivity index (χ2n) is 4.79. The summed E-state index contributed by atoms with van der Waals surface area (Å²) in [6.45, 7) is 1.09. The van der Waals surface area contributed by atoms with E-state index in [1.807, 2.05) is 22.9 Å². The van der Waals surface area contributed by atoms with Gasteiger partial charge < -0.3 is 5.11 Å². The van der Waals surface area contributed by atoms with Gasteiger partial charge in [0, 0.05) is 18.9 Å². The van der Waals surface area contributed by atoms with Crippen molar-refractivity contribution < 1.29 is 5.11 Å². The molecule has 0 aliphatic carbocycles. The van der Waals surface area contributed by atoms with E-state index < -0.39 is 0 Å². The van der Waals surface area contributed by atoms with Gasteiger partial charge in [-0.15, -0.1) is 0 Å². The van der Waals surface area contributed by atoms with Crippen molar-refractivity contribution >= 4 is 0 Å². The van der Waals surface area contributed by atoms with E-state index in [-0.39, 0.29) is 12.5 Å². The number of fused-ring (bicyclic) bond motifs is 1. The van der Waals surface area contributed by atoms with E-state index in [2.05, 4.69) is 22.2 Å². The van der Waals surface area contributed by atoms with E-state index in [0.717, 1.165) is 37.5 Å². The van der Waals surface area contributed by atoms with Crippen molar-refractivity contribution in [1.82, 2.24) is 14.8 Å². The Balaban J connectivity index is 1.84. The average molecular weight is 243 g/mol. The fourth-order valence-corrected chi connectivity index (χ4v) is 2.51. The van der Waals surface area contributed by atoms with Crippen LogP contribution in [0.25, 0.3) is 0 Å². The summed E-state index contributed by atoms with van der Waals surface area (Å²) in [4.78, 5) is 4.59. The molecule has 4 nitrogen and oxygen atoms in total. The molecule has 1 aliphatic rings. The molecule has 0 saturated carbocycles. The lowest BCUT2D eigenvalue weighted by molar-refractivity contribution is 0.234. The lowest BCUT2D eigenvalue weighted by Crippen LogP contribution is -2.19. The topological polar surface area (TPSA) is 50.9 Å². The third-order valence-electron chi connectivity index (χ3n) is 3.46. The number of aryl methyl sites for hydroxylation is 1. The smallest absolute Gasteiger partial charge is 0.155 e. The molecule has 94 valence electrons. The van der Waals surface area contributed by atoms with E-state index in [1.165, 1.54) is 5.56 Å². The summed E-state index contributed by atoms with van der Waals surface area (Å²) in [6, 6.07) is 10.2. The van der Waals surface area contributed by atoms with Crippen molar-refractivity contribution in [2.45, 2.75) is 31.7 Å². The van der Waals surface area contributed by atoms with Gasteiger partial charge >= 0.3 is 0 Å². The van der Waals surface area contributed by atoms with Crippen molar-refractivity contribution in [2.75, 3.05) is 6.61 Å². The quantitative estimate of drug-likeness (QED) is 0.893. The summed E-state index contributed by atoms with van der Waals surface area (Å²) in [6.07, 6.45) is 2.85. The zero-order valence-electron chi connectivity index (χ0n) is 10.3. The molecule has 0 bridgehead atoms. The molecule has 0 radical (unpaired) electrons. The minimum atomic E-state index is 0.163. The Morgan fingerprint density at radius 2 is 2.11 bits per heavy atom. The lowest BCUT2D eigenvalue weighted by Gasteiger charge is -2.19. The van der Waals surface area contributed by atoms with Gasteiger partial charge in [0.25, 0.3) is 0 Å². The molecule has 0 amide bonds. The Labute approximate surface area is 106 Å². The minimum absolute atomic E-state index is 0.163. The Bertz CT molecular complexity index is 521. The summed E-state index contributed by atoms with van der Waals surface area (Å²) >= 11 is 0. The zero-order chi connectivity index (χ0) is 12.4. The van der Waals surface area contributed by atoms with Gasteiger partial charge in [0.1, 0.15) is 5.82 Å². The summed E-state index contributed by atoms with van der Waals surface area (Å²) in [5.74, 6) is 1.97. The van der Waals surface area contributed by atoms with Crippen molar-refractivity contribution in [3.05, 3.63) is 47.5 Å². The maximum absolute atomic E-state index is 9.36. The van der Waals surface area contributed by atoms with Gasteiger partial charge in [-0.05, 0) is 18.4 Å². The molecule has 2 aromatic rings. The van der Waals surface area contributed by atoms with Crippen LogP contribution in [0.1, 0.15) is 36.0 Å². The van der Waals surface area contributed by atoms with Gasteiger partial charge in [-0.25, -0.2) is 9.67 Å². The summed E-state index contributed by atoms with van der Waals surface area (Å²) in [5.41, 5.74) is 1.22. The molecule has 0 saturated heterocycles. The normalized spacial score (nSPS) is 18.6. The molecule has 1 atom stereocenters. The van der Waals surface area contributed by atoms with E-state index in [9.17, 15) is 5.11 Å². The maximum atomic E-state index is 9.36. The van der Waals surface area contributed by atoms with Crippen molar-refractivity contribution in [2.24, 2.45) is 0 Å². The molecule has 2 heterocycles. The second-order valence-corrected chi connectivity index (χ2v) is 4.79. The highest BCUT2D eigenvalue weighted by Gasteiger charge is 2.23. The second kappa shape index (κ2) is 4.90. The van der Waals surface area contributed by atoms with Crippen molar-refractivity contribution in [1.29, 1.82) is 0 Å². The number of benzene rings is 1. The van der Waals surface area contributed by atoms with Crippen LogP contribution in [0.4, 0.5) is 0 Å². The number of aliphatic hydroxyl groups excluding tert-OH is 1. The van der Waals surface area contributed by atoms with Crippen LogP contribution in [0.3, 0.4) is 0 Å². The SMILES string of the molecule is OCC1CCCn2nc(Cc3ccccc3)nc21. The first-order valence-electron chi connectivity index (χ1n) is 6.45. The Morgan fingerprint density at radius 1 is 1.28 bits per heavy atom. The van der Waals surface area contributed by atoms with Gasteiger partial charge in [0.15, 0.2) is 5.82 Å². The highest BCUT2D eigenvalue weighted by atomic mass is 16.3. The van der Waals surface area contributed by atoms with E-state index in [4.69, 9.17) is 0 Å². The fraction of sp³-hybridized carbons (Fsp3) is 0.429. The van der Waals surface area contributed by atoms with Crippen LogP contribution in [-0.2, 0) is 13.0 Å². The predicted molar refractivity (Wildman–Crippen MR) is 68.3 cm³/mol. The van der Waals surface area contributed by atoms with Crippen LogP contribution < -0.4 is 0 Å². The first kappa shape index (κ1) is 11.4. The monoisotopic (exact) mass is 243 g/mol. The highest BCUT2D eigenvalue weighted by Crippen LogP contribution is 2.25. The molecule has 4 heteroatoms. The number of hydrogen-bond acceptors (Lipinski definition) is 3. The molecule has 0 spiro atoms. The third-order valence-corrected chi connectivity index (χ3v) is 3.46. The van der Waals surface area contributed by atoms with Crippen molar-refractivity contribution in [3.8, 4) is 0 Å². The van der Waals surface area contributed by atoms with Crippen LogP contribution in [0.2, 0.25) is 0 Å². The first-order valence-corrected chi connectivity index (χ1v) is 6.45. The van der Waals surface area contributed by atoms with Gasteiger partial charge in [-0.2, -0.15) is 5.10 Å². The summed E-state index contributed by atoms with van der Waals surface area (Å²) in [7, 11) is 0. The largest absolute Gasteiger partial charge is 0.396 e. The Morgan fingerprint density at radius 3 is 2.89 bits per heavy atom. The fourth-order valence-electron chi connectivity index (χ4n) is 2.51. The molecule has 1 aromatic heterocycles. The predicted octanol–water partition coefficient (Wildman–Crippen LogP) is 1.74. The molecule has 18 heavy (non-hydrogen) atoms. The number of rotatable bonds is 3. The molecule has 0 fully saturated rings. The molecule has 1 N–H and O–H groups in total. The van der Waals surface area contributed by atoms with Crippen LogP contribution in [0.5, 0.6) is 0 Å². The number of nitrogens with zero attached hydrogens (tertiary/aromatic N) is 3. The minimum Gasteiger partial charge on any atom is -0.396 e. The Hall–Kier alpha value is -1.68. The molecule has 1 aromatic carbocycles. The molecule has 1 unspecified atom stereocenters. The van der Waals surface area contributed by atoms with Crippen LogP contribution in [-0.4, -0.2) is 26.5 Å². The zero-order valence-corrected chi connectivity index (χ0v) is 10.3. The van der Waals surface area contributed by atoms with Crippen LogP contribution in [0, 0.1) is 0 Å². The molecular weight excluding hydrogens is 226 g/mol. The number of aromatic nitrogens is 3. The average Bonchev–Trinajstić information content (AvgIpc) is 2.82. The maximum Gasteiger partial charge on any atom is 0.155 e. The molecule has 1 aliphatic heterocycles. The van der Waals surface area contributed by atoms with Gasteiger partial charge in [0.05, 0.1) is 6.61 Å². The summed E-state index contributed by atoms with van der Waals surface area (Å²) in [5, 5.41) is 13.9. The standard InChI is InChI=1S/C14H17N3O/c18-10-12-7-4-8-17-14(12)15-13(16-17)9-11-5-2-1-3-6-11/h1-3,5-6,12,18H,4,7-10H2. The van der Waals surface area contributed by atoms with Gasteiger partial charge in [-0.3, -0.25) is 0 Å². The number of aliphatic hydroxyl groups is 1. The van der Waals surface area contributed by atoms with Crippen LogP contribution in [0.15, 0.2) is 30.3 Å². The van der Waals surface area contributed by atoms with Crippen LogP contribution >= 0.6 is 0 Å². The summed E-state index contributed by atoms with van der Waals surface area (Å²) < 4.78 is 1.96. The van der Waals surface area contributed by atoms with Gasteiger partial charge in [-0.1, -0.05) is 30.3 Å². The van der Waals surface area contributed by atoms with E-state index >= 15 is 0 Å². The van der Waals surface area contributed by atoms with E-state index in [0.29, 0.717) is 0 Å². The molecule has 3 rings (SSSR count). The van der Waals surface area contributed by atoms with Gasteiger partial charge in [0.2, 0.25) is 0 Å². The number of hydrogen-bond donors (Lipinski definition) is 1. The lowest BCUT2D eigenvalue weighted by atomic mass is 10.0. The first-order chi connectivity index (χ1) is 8.86. The Kier molecular flexibility index (Phi) is 3.11. The van der Waals surface area contributed by atoms with Crippen molar-refractivity contribution in [3.63, 3.8) is 0 Å². The molecular formula is C14H17N3O. The highest BCUT2D eigenvalue weighted by molar-refractivity contribution is 5.19. The van der Waals surface area contributed by atoms with E-state index in [1.54, 1.807) is 0 Å².